The van der Waals surface area contributed by atoms with Crippen molar-refractivity contribution in [3.8, 4) is 0 Å². The minimum absolute atomic E-state index is 0.132. The zero-order chi connectivity index (χ0) is 48.0. The zero-order valence-corrected chi connectivity index (χ0v) is 44.9. The van der Waals surface area contributed by atoms with E-state index in [1.165, 1.54) is 186 Å². The smallest absolute Gasteiger partial charge is 0.307 e. The monoisotopic (exact) mass is 932 g/mol. The number of unbranched alkanes of at least 4 members (excludes halogenated alkanes) is 26. The van der Waals surface area contributed by atoms with Crippen LogP contribution < -0.4 is 5.32 Å². The Morgan fingerprint density at radius 3 is 1.21 bits per heavy atom. The molecule has 1 aliphatic heterocycles. The lowest BCUT2D eigenvalue weighted by molar-refractivity contribution is -0.143. The molecule has 1 aliphatic rings. The first kappa shape index (κ1) is 62.3. The van der Waals surface area contributed by atoms with Gasteiger partial charge in [-0.25, -0.2) is 0 Å². The highest BCUT2D eigenvalue weighted by Crippen LogP contribution is 2.16. The third-order valence-electron chi connectivity index (χ3n) is 14.2. The van der Waals surface area contributed by atoms with E-state index in [9.17, 15) is 14.4 Å². The lowest BCUT2D eigenvalue weighted by Crippen LogP contribution is -2.51. The van der Waals surface area contributed by atoms with Crippen LogP contribution in [0.15, 0.2) is 0 Å². The van der Waals surface area contributed by atoms with Gasteiger partial charge in [0, 0.05) is 71.2 Å². The second-order valence-electron chi connectivity index (χ2n) is 20.3. The van der Waals surface area contributed by atoms with Gasteiger partial charge in [0.05, 0.1) is 13.0 Å². The summed E-state index contributed by atoms with van der Waals surface area (Å²) in [4.78, 5) is 49.0. The highest BCUT2D eigenvalue weighted by Gasteiger charge is 2.25. The van der Waals surface area contributed by atoms with Gasteiger partial charge in [0.1, 0.15) is 0 Å². The van der Waals surface area contributed by atoms with Gasteiger partial charge < -0.3 is 29.7 Å². The number of piperazine rings is 1. The lowest BCUT2D eigenvalue weighted by Gasteiger charge is -2.35. The Balaban J connectivity index is 2.71. The molecule has 0 aromatic rings. The molecule has 0 aromatic heterocycles. The van der Waals surface area contributed by atoms with E-state index >= 15 is 0 Å². The van der Waals surface area contributed by atoms with E-state index in [1.54, 1.807) is 0 Å². The maximum absolute atomic E-state index is 13.7. The molecule has 2 amide bonds. The van der Waals surface area contributed by atoms with E-state index in [4.69, 9.17) is 4.74 Å². The first-order valence-electron chi connectivity index (χ1n) is 29.3. The summed E-state index contributed by atoms with van der Waals surface area (Å²) in [6, 6.07) is 0.220. The molecule has 0 bridgehead atoms. The number of ether oxygens (including phenoxy) is 1. The summed E-state index contributed by atoms with van der Waals surface area (Å²) < 4.78 is 5.43. The van der Waals surface area contributed by atoms with E-state index < -0.39 is 0 Å². The minimum atomic E-state index is -0.132. The highest BCUT2D eigenvalue weighted by molar-refractivity contribution is 5.78. The SMILES string of the molecule is CCCCCCCCCC(CCC(=O)N1CCN(C(=O)CCN(CCCCCCCCC)CCN(CCCCCCCCC)CCCCCCCCC)CC1)NCCC(=O)OCCCCC. The quantitative estimate of drug-likeness (QED) is 0.0480. The Morgan fingerprint density at radius 1 is 0.409 bits per heavy atom. The van der Waals surface area contributed by atoms with Gasteiger partial charge in [-0.2, -0.15) is 0 Å². The molecule has 1 rings (SSSR count). The van der Waals surface area contributed by atoms with Crippen molar-refractivity contribution >= 4 is 17.8 Å². The summed E-state index contributed by atoms with van der Waals surface area (Å²) in [6.45, 7) is 21.4. The number of hydrogen-bond acceptors (Lipinski definition) is 7. The van der Waals surface area contributed by atoms with Gasteiger partial charge in [0.2, 0.25) is 11.8 Å². The molecule has 1 saturated heterocycles. The van der Waals surface area contributed by atoms with Gasteiger partial charge in [-0.15, -0.1) is 0 Å². The van der Waals surface area contributed by atoms with Crippen LogP contribution in [-0.2, 0) is 19.1 Å². The number of hydrogen-bond donors (Lipinski definition) is 1. The maximum Gasteiger partial charge on any atom is 0.307 e. The maximum atomic E-state index is 13.7. The van der Waals surface area contributed by atoms with Crippen molar-refractivity contribution in [2.75, 3.05) is 78.6 Å². The molecule has 0 radical (unpaired) electrons. The molecular formula is C57H113N5O4. The van der Waals surface area contributed by atoms with E-state index in [1.807, 2.05) is 9.80 Å². The Bertz CT molecular complexity index is 1070. The number of carbonyl (C=O) groups excluding carboxylic acids is 3. The van der Waals surface area contributed by atoms with Gasteiger partial charge in [0.15, 0.2) is 0 Å². The van der Waals surface area contributed by atoms with E-state index in [-0.39, 0.29) is 23.8 Å². The zero-order valence-electron chi connectivity index (χ0n) is 44.9. The summed E-state index contributed by atoms with van der Waals surface area (Å²) in [7, 11) is 0. The van der Waals surface area contributed by atoms with E-state index in [2.05, 4.69) is 49.7 Å². The summed E-state index contributed by atoms with van der Waals surface area (Å²) >= 11 is 0. The van der Waals surface area contributed by atoms with Crippen LogP contribution in [0.3, 0.4) is 0 Å². The minimum Gasteiger partial charge on any atom is -0.466 e. The predicted octanol–water partition coefficient (Wildman–Crippen LogP) is 13.9. The second kappa shape index (κ2) is 47.0. The molecule has 0 aliphatic carbocycles. The summed E-state index contributed by atoms with van der Waals surface area (Å²) in [5, 5.41) is 3.61. The Morgan fingerprint density at radius 2 is 0.773 bits per heavy atom. The van der Waals surface area contributed by atoms with E-state index in [0.717, 1.165) is 64.7 Å². The molecule has 0 spiro atoms. The van der Waals surface area contributed by atoms with Crippen molar-refractivity contribution in [1.82, 2.24) is 24.9 Å². The summed E-state index contributed by atoms with van der Waals surface area (Å²) in [6.07, 6.45) is 43.4. The van der Waals surface area contributed by atoms with Gasteiger partial charge >= 0.3 is 5.97 Å². The number of amides is 2. The van der Waals surface area contributed by atoms with Crippen molar-refractivity contribution in [2.45, 2.75) is 272 Å². The van der Waals surface area contributed by atoms with E-state index in [0.29, 0.717) is 58.6 Å². The molecule has 66 heavy (non-hydrogen) atoms. The average molecular weight is 933 g/mol. The molecule has 1 N–H and O–H groups in total. The fraction of sp³-hybridized carbons (Fsp3) is 0.947. The first-order chi connectivity index (χ1) is 32.4. The van der Waals surface area contributed by atoms with Gasteiger partial charge in [-0.1, -0.05) is 208 Å². The summed E-state index contributed by atoms with van der Waals surface area (Å²) in [5.74, 6) is 0.312. The van der Waals surface area contributed by atoms with Gasteiger partial charge in [-0.05, 0) is 58.2 Å². The molecule has 0 aromatic carbocycles. The van der Waals surface area contributed by atoms with Crippen LogP contribution in [0.25, 0.3) is 0 Å². The molecule has 1 atom stereocenters. The van der Waals surface area contributed by atoms with Crippen molar-refractivity contribution in [3.05, 3.63) is 0 Å². The van der Waals surface area contributed by atoms with Gasteiger partial charge in [-0.3, -0.25) is 14.4 Å². The predicted molar refractivity (Wildman–Crippen MR) is 283 cm³/mol. The number of nitrogens with zero attached hydrogens (tertiary/aromatic N) is 4. The molecule has 390 valence electrons. The van der Waals surface area contributed by atoms with Crippen LogP contribution >= 0.6 is 0 Å². The van der Waals surface area contributed by atoms with Crippen molar-refractivity contribution in [3.63, 3.8) is 0 Å². The Kier molecular flexibility index (Phi) is 44.4. The fourth-order valence-electron chi connectivity index (χ4n) is 9.59. The highest BCUT2D eigenvalue weighted by atomic mass is 16.5. The van der Waals surface area contributed by atoms with Crippen LogP contribution in [0.5, 0.6) is 0 Å². The topological polar surface area (TPSA) is 85.4 Å². The third kappa shape index (κ3) is 37.2. The van der Waals surface area contributed by atoms with Crippen LogP contribution in [-0.4, -0.2) is 122 Å². The first-order valence-corrected chi connectivity index (χ1v) is 29.3. The number of rotatable bonds is 49. The molecule has 1 unspecified atom stereocenters. The van der Waals surface area contributed by atoms with Crippen molar-refractivity contribution < 1.29 is 19.1 Å². The fourth-order valence-corrected chi connectivity index (χ4v) is 9.59. The molecule has 1 fully saturated rings. The number of esters is 1. The van der Waals surface area contributed by atoms with Crippen LogP contribution in [0.4, 0.5) is 0 Å². The van der Waals surface area contributed by atoms with Crippen LogP contribution in [0.2, 0.25) is 0 Å². The number of nitrogens with one attached hydrogen (secondary N) is 1. The largest absolute Gasteiger partial charge is 0.466 e. The average Bonchev–Trinajstić information content (AvgIpc) is 3.33. The van der Waals surface area contributed by atoms with Gasteiger partial charge in [0.25, 0.3) is 0 Å². The van der Waals surface area contributed by atoms with Crippen molar-refractivity contribution in [1.29, 1.82) is 0 Å². The van der Waals surface area contributed by atoms with Crippen LogP contribution in [0.1, 0.15) is 266 Å². The Labute approximate surface area is 410 Å². The molecule has 0 saturated carbocycles. The second-order valence-corrected chi connectivity index (χ2v) is 20.3. The van der Waals surface area contributed by atoms with Crippen LogP contribution in [0, 0.1) is 0 Å². The Hall–Kier alpha value is -1.71. The molecular weight excluding hydrogens is 819 g/mol. The number of carbonyl (C=O) groups is 3. The van der Waals surface area contributed by atoms with Crippen molar-refractivity contribution in [2.24, 2.45) is 0 Å². The normalized spacial score (nSPS) is 13.6. The third-order valence-corrected chi connectivity index (χ3v) is 14.2. The molecule has 9 nitrogen and oxygen atoms in total. The lowest BCUT2D eigenvalue weighted by atomic mass is 10.0. The standard InChI is InChI=1S/C57H113N5O4/c1-6-11-16-20-24-28-32-37-54(58-42-40-57(65)66-53-36-15-10-5)38-39-55(63)61-49-51-62(52-50-61)56(64)41-46-60(45-35-31-27-23-19-14-9-4)48-47-59(43-33-29-25-21-17-12-7-2)44-34-30-26-22-18-13-8-3/h54,58H,6-53H2,1-5H3. The molecule has 1 heterocycles. The summed E-state index contributed by atoms with van der Waals surface area (Å²) in [5.41, 5.74) is 0. The molecule has 9 heteroatoms.